The Morgan fingerprint density at radius 3 is 2.82 bits per heavy atom. The lowest BCUT2D eigenvalue weighted by atomic mass is 9.86. The number of anilines is 1. The fourth-order valence-corrected chi connectivity index (χ4v) is 3.27. The number of rotatable bonds is 1. The quantitative estimate of drug-likeness (QED) is 0.865. The Morgan fingerprint density at radius 1 is 1.36 bits per heavy atom. The molecule has 4 nitrogen and oxygen atoms in total. The highest BCUT2D eigenvalue weighted by atomic mass is 16.5. The van der Waals surface area contributed by atoms with Crippen molar-refractivity contribution in [3.05, 3.63) is 29.3 Å². The van der Waals surface area contributed by atoms with Crippen LogP contribution in [-0.4, -0.2) is 37.7 Å². The van der Waals surface area contributed by atoms with Gasteiger partial charge in [-0.15, -0.1) is 0 Å². The summed E-state index contributed by atoms with van der Waals surface area (Å²) in [6.07, 6.45) is 0.867. The molecule has 1 amide bonds. The van der Waals surface area contributed by atoms with Gasteiger partial charge in [0.1, 0.15) is 6.04 Å². The fourth-order valence-electron chi connectivity index (χ4n) is 3.27. The summed E-state index contributed by atoms with van der Waals surface area (Å²) in [5.74, 6) is 0.134. The normalized spacial score (nSPS) is 25.2. The number of nitrogens with one attached hydrogen (secondary N) is 1. The van der Waals surface area contributed by atoms with Gasteiger partial charge < -0.3 is 15.0 Å². The molecular formula is C18H26N2O2. The summed E-state index contributed by atoms with van der Waals surface area (Å²) in [4.78, 5) is 14.8. The molecule has 2 aliphatic heterocycles. The summed E-state index contributed by atoms with van der Waals surface area (Å²) in [6.45, 7) is 10.8. The minimum Gasteiger partial charge on any atom is -0.375 e. The van der Waals surface area contributed by atoms with Crippen molar-refractivity contribution in [2.75, 3.05) is 24.6 Å². The average molecular weight is 302 g/mol. The first-order chi connectivity index (χ1) is 10.4. The molecule has 0 spiro atoms. The Hall–Kier alpha value is -1.39. The summed E-state index contributed by atoms with van der Waals surface area (Å²) >= 11 is 0. The van der Waals surface area contributed by atoms with Crippen molar-refractivity contribution in [1.29, 1.82) is 0 Å². The maximum Gasteiger partial charge on any atom is 0.246 e. The smallest absolute Gasteiger partial charge is 0.246 e. The first kappa shape index (κ1) is 15.5. The van der Waals surface area contributed by atoms with E-state index in [1.807, 2.05) is 11.8 Å². The Balaban J connectivity index is 1.83. The topological polar surface area (TPSA) is 41.6 Å². The lowest BCUT2D eigenvalue weighted by molar-refractivity contribution is -0.126. The molecule has 1 fully saturated rings. The second kappa shape index (κ2) is 5.67. The van der Waals surface area contributed by atoms with Gasteiger partial charge in [-0.25, -0.2) is 0 Å². The molecule has 1 aromatic carbocycles. The van der Waals surface area contributed by atoms with Gasteiger partial charge in [0.05, 0.1) is 12.7 Å². The highest BCUT2D eigenvalue weighted by molar-refractivity contribution is 5.99. The van der Waals surface area contributed by atoms with Crippen LogP contribution in [0.25, 0.3) is 0 Å². The largest absolute Gasteiger partial charge is 0.375 e. The van der Waals surface area contributed by atoms with E-state index < -0.39 is 0 Å². The third kappa shape index (κ3) is 2.77. The van der Waals surface area contributed by atoms with E-state index in [1.54, 1.807) is 0 Å². The molecule has 0 saturated carbocycles. The van der Waals surface area contributed by atoms with E-state index in [0.717, 1.165) is 25.2 Å². The number of nitrogens with zero attached hydrogens (tertiary/aromatic N) is 1. The van der Waals surface area contributed by atoms with E-state index in [4.69, 9.17) is 4.74 Å². The van der Waals surface area contributed by atoms with Gasteiger partial charge >= 0.3 is 0 Å². The SMILES string of the molecule is C[C@H]1OCCN[C@@H]1C(=O)N1CCc2cc(C(C)(C)C)ccc21. The number of carbonyl (C=O) groups is 1. The second-order valence-corrected chi connectivity index (χ2v) is 7.34. The van der Waals surface area contributed by atoms with E-state index in [1.165, 1.54) is 11.1 Å². The van der Waals surface area contributed by atoms with Crippen molar-refractivity contribution in [2.45, 2.75) is 51.7 Å². The zero-order valence-electron chi connectivity index (χ0n) is 14.0. The molecule has 120 valence electrons. The summed E-state index contributed by atoms with van der Waals surface area (Å²) in [5.41, 5.74) is 3.82. The third-order valence-electron chi connectivity index (χ3n) is 4.69. The summed E-state index contributed by atoms with van der Waals surface area (Å²) in [7, 11) is 0. The zero-order chi connectivity index (χ0) is 15.9. The van der Waals surface area contributed by atoms with Crippen molar-refractivity contribution in [3.63, 3.8) is 0 Å². The van der Waals surface area contributed by atoms with Crippen LogP contribution in [0.15, 0.2) is 18.2 Å². The van der Waals surface area contributed by atoms with Gasteiger partial charge in [-0.1, -0.05) is 32.9 Å². The van der Waals surface area contributed by atoms with Gasteiger partial charge in [0.2, 0.25) is 5.91 Å². The molecule has 0 unspecified atom stereocenters. The standard InChI is InChI=1S/C18H26N2O2/c1-12-16(19-8-10-22-12)17(21)20-9-7-13-11-14(18(2,3)4)5-6-15(13)20/h5-6,11-12,16,19H,7-10H2,1-4H3/t12-,16+/m1/s1. The Kier molecular flexibility index (Phi) is 4.00. The number of fused-ring (bicyclic) bond motifs is 1. The minimum atomic E-state index is -0.234. The number of carbonyl (C=O) groups excluding carboxylic acids is 1. The highest BCUT2D eigenvalue weighted by Crippen LogP contribution is 2.33. The lowest BCUT2D eigenvalue weighted by Gasteiger charge is -2.32. The molecule has 1 N–H and O–H groups in total. The lowest BCUT2D eigenvalue weighted by Crippen LogP contribution is -2.56. The van der Waals surface area contributed by atoms with Crippen molar-refractivity contribution in [2.24, 2.45) is 0 Å². The summed E-state index contributed by atoms with van der Waals surface area (Å²) in [5, 5.41) is 3.30. The second-order valence-electron chi connectivity index (χ2n) is 7.34. The molecule has 4 heteroatoms. The van der Waals surface area contributed by atoms with Crippen molar-refractivity contribution in [1.82, 2.24) is 5.32 Å². The highest BCUT2D eigenvalue weighted by Gasteiger charge is 2.35. The molecule has 0 bridgehead atoms. The number of morpholine rings is 1. The number of benzene rings is 1. The van der Waals surface area contributed by atoms with Gasteiger partial charge in [0.15, 0.2) is 0 Å². The molecule has 0 radical (unpaired) electrons. The van der Waals surface area contributed by atoms with Crippen LogP contribution in [0.2, 0.25) is 0 Å². The zero-order valence-corrected chi connectivity index (χ0v) is 14.0. The minimum absolute atomic E-state index is 0.0702. The Labute approximate surface area is 132 Å². The van der Waals surface area contributed by atoms with E-state index in [2.05, 4.69) is 44.3 Å². The number of ether oxygens (including phenoxy) is 1. The third-order valence-corrected chi connectivity index (χ3v) is 4.69. The van der Waals surface area contributed by atoms with Crippen LogP contribution >= 0.6 is 0 Å². The predicted octanol–water partition coefficient (Wildman–Crippen LogP) is 2.25. The molecule has 22 heavy (non-hydrogen) atoms. The monoisotopic (exact) mass is 302 g/mol. The number of hydrogen-bond donors (Lipinski definition) is 1. The molecule has 3 rings (SSSR count). The van der Waals surface area contributed by atoms with Crippen LogP contribution in [0.4, 0.5) is 5.69 Å². The molecule has 2 aliphatic rings. The predicted molar refractivity (Wildman–Crippen MR) is 88.4 cm³/mol. The van der Waals surface area contributed by atoms with Gasteiger partial charge in [-0.2, -0.15) is 0 Å². The van der Waals surface area contributed by atoms with Gasteiger partial charge in [0, 0.05) is 18.8 Å². The Morgan fingerprint density at radius 2 is 2.14 bits per heavy atom. The maximum absolute atomic E-state index is 12.8. The molecule has 1 aromatic rings. The molecular weight excluding hydrogens is 276 g/mol. The fraction of sp³-hybridized carbons (Fsp3) is 0.611. The van der Waals surface area contributed by atoms with Crippen LogP contribution in [0.1, 0.15) is 38.8 Å². The van der Waals surface area contributed by atoms with E-state index in [-0.39, 0.29) is 23.5 Å². The molecule has 0 aromatic heterocycles. The van der Waals surface area contributed by atoms with Crippen LogP contribution in [0.3, 0.4) is 0 Å². The van der Waals surface area contributed by atoms with Crippen LogP contribution < -0.4 is 10.2 Å². The number of amides is 1. The van der Waals surface area contributed by atoms with Crippen LogP contribution in [0, 0.1) is 0 Å². The van der Waals surface area contributed by atoms with E-state index >= 15 is 0 Å². The summed E-state index contributed by atoms with van der Waals surface area (Å²) < 4.78 is 5.61. The first-order valence-corrected chi connectivity index (χ1v) is 8.18. The van der Waals surface area contributed by atoms with Crippen molar-refractivity contribution in [3.8, 4) is 0 Å². The average Bonchev–Trinajstić information content (AvgIpc) is 2.89. The van der Waals surface area contributed by atoms with Crippen molar-refractivity contribution >= 4 is 11.6 Å². The van der Waals surface area contributed by atoms with E-state index in [0.29, 0.717) is 6.61 Å². The molecule has 2 heterocycles. The maximum atomic E-state index is 12.8. The molecule has 1 saturated heterocycles. The van der Waals surface area contributed by atoms with E-state index in [9.17, 15) is 4.79 Å². The van der Waals surface area contributed by atoms with Crippen LogP contribution in [-0.2, 0) is 21.4 Å². The first-order valence-electron chi connectivity index (χ1n) is 8.18. The van der Waals surface area contributed by atoms with Gasteiger partial charge in [-0.05, 0) is 36.0 Å². The summed E-state index contributed by atoms with van der Waals surface area (Å²) in [6, 6.07) is 6.28. The van der Waals surface area contributed by atoms with Crippen molar-refractivity contribution < 1.29 is 9.53 Å². The van der Waals surface area contributed by atoms with Crippen LogP contribution in [0.5, 0.6) is 0 Å². The van der Waals surface area contributed by atoms with Gasteiger partial charge in [0.25, 0.3) is 0 Å². The van der Waals surface area contributed by atoms with Gasteiger partial charge in [-0.3, -0.25) is 4.79 Å². The number of hydrogen-bond acceptors (Lipinski definition) is 3. The molecule has 0 aliphatic carbocycles. The molecule has 2 atom stereocenters. The Bertz CT molecular complexity index is 577.